The van der Waals surface area contributed by atoms with Crippen LogP contribution >= 0.6 is 22.7 Å². The second-order valence-electron chi connectivity index (χ2n) is 4.17. The Kier molecular flexibility index (Phi) is 4.28. The third kappa shape index (κ3) is 2.78. The molecule has 8 heteroatoms. The highest BCUT2D eigenvalue weighted by molar-refractivity contribution is 7.91. The molecule has 2 aromatic heterocycles. The number of carboxylic acid groups (broad SMARTS) is 1. The predicted molar refractivity (Wildman–Crippen MR) is 79.0 cm³/mol. The number of hydrogen-bond acceptors (Lipinski definition) is 5. The average Bonchev–Trinajstić information content (AvgIpc) is 3.07. The van der Waals surface area contributed by atoms with Gasteiger partial charge in [0, 0.05) is 17.3 Å². The minimum atomic E-state index is -3.68. The van der Waals surface area contributed by atoms with Crippen molar-refractivity contribution in [2.24, 2.45) is 0 Å². The van der Waals surface area contributed by atoms with Gasteiger partial charge in [-0.1, -0.05) is 6.07 Å². The number of carbonyl (C=O) groups is 1. The van der Waals surface area contributed by atoms with Crippen molar-refractivity contribution in [3.8, 4) is 0 Å². The van der Waals surface area contributed by atoms with Gasteiger partial charge in [-0.2, -0.15) is 4.31 Å². The summed E-state index contributed by atoms with van der Waals surface area (Å²) in [6, 6.07) is 4.64. The van der Waals surface area contributed by atoms with E-state index in [9.17, 15) is 13.2 Å². The van der Waals surface area contributed by atoms with Gasteiger partial charge < -0.3 is 5.11 Å². The maximum atomic E-state index is 12.5. The van der Waals surface area contributed by atoms with Crippen LogP contribution in [0.1, 0.15) is 28.2 Å². The Labute approximate surface area is 125 Å². The zero-order valence-electron chi connectivity index (χ0n) is 10.8. The summed E-state index contributed by atoms with van der Waals surface area (Å²) in [6.45, 7) is 1.80. The van der Waals surface area contributed by atoms with Gasteiger partial charge in [-0.15, -0.1) is 22.7 Å². The van der Waals surface area contributed by atoms with E-state index in [4.69, 9.17) is 5.11 Å². The topological polar surface area (TPSA) is 74.7 Å². The number of carboxylic acids is 1. The van der Waals surface area contributed by atoms with Crippen LogP contribution in [-0.2, 0) is 10.0 Å². The Balaban J connectivity index is 2.31. The molecule has 0 aliphatic carbocycles. The van der Waals surface area contributed by atoms with E-state index in [-0.39, 0.29) is 15.8 Å². The minimum Gasteiger partial charge on any atom is -0.478 e. The molecule has 1 N–H and O–H groups in total. The van der Waals surface area contributed by atoms with Gasteiger partial charge in [-0.05, 0) is 24.4 Å². The molecule has 0 saturated carbocycles. The molecule has 0 aromatic carbocycles. The van der Waals surface area contributed by atoms with E-state index < -0.39 is 16.0 Å². The number of sulfonamides is 1. The van der Waals surface area contributed by atoms with Gasteiger partial charge in [0.1, 0.15) is 4.21 Å². The van der Waals surface area contributed by atoms with E-state index in [1.54, 1.807) is 6.92 Å². The van der Waals surface area contributed by atoms with Crippen LogP contribution in [0, 0.1) is 0 Å². The van der Waals surface area contributed by atoms with Crippen LogP contribution in [-0.4, -0.2) is 30.8 Å². The lowest BCUT2D eigenvalue weighted by Crippen LogP contribution is -2.28. The summed E-state index contributed by atoms with van der Waals surface area (Å²) < 4.78 is 26.2. The molecule has 0 aliphatic rings. The quantitative estimate of drug-likeness (QED) is 0.914. The first-order valence-electron chi connectivity index (χ1n) is 5.67. The minimum absolute atomic E-state index is 0.00856. The van der Waals surface area contributed by atoms with E-state index in [0.717, 1.165) is 16.2 Å². The number of hydrogen-bond donors (Lipinski definition) is 1. The number of nitrogens with zero attached hydrogens (tertiary/aromatic N) is 1. The molecule has 1 atom stereocenters. The highest BCUT2D eigenvalue weighted by atomic mass is 32.2. The molecule has 2 aromatic rings. The summed E-state index contributed by atoms with van der Waals surface area (Å²) in [6.07, 6.45) is 0. The monoisotopic (exact) mass is 331 g/mol. The normalized spacial score (nSPS) is 13.6. The molecule has 0 saturated heterocycles. The largest absolute Gasteiger partial charge is 0.478 e. The fourth-order valence-corrected chi connectivity index (χ4v) is 5.20. The van der Waals surface area contributed by atoms with Gasteiger partial charge in [0.2, 0.25) is 0 Å². The van der Waals surface area contributed by atoms with Crippen LogP contribution in [0.4, 0.5) is 0 Å². The fraction of sp³-hybridized carbons (Fsp3) is 0.250. The Morgan fingerprint density at radius 2 is 2.10 bits per heavy atom. The van der Waals surface area contributed by atoms with Gasteiger partial charge in [0.05, 0.1) is 11.6 Å². The third-order valence-electron chi connectivity index (χ3n) is 2.96. The second kappa shape index (κ2) is 5.65. The average molecular weight is 331 g/mol. The molecule has 0 unspecified atom stereocenters. The van der Waals surface area contributed by atoms with Crippen molar-refractivity contribution in [1.29, 1.82) is 0 Å². The summed E-state index contributed by atoms with van der Waals surface area (Å²) in [5.74, 6) is -1.13. The van der Waals surface area contributed by atoms with Gasteiger partial charge >= 0.3 is 5.97 Å². The Hall–Kier alpha value is -1.22. The zero-order chi connectivity index (χ0) is 14.9. The van der Waals surface area contributed by atoms with E-state index in [2.05, 4.69) is 0 Å². The predicted octanol–water partition coefficient (Wildman–Crippen LogP) is 2.89. The second-order valence-corrected chi connectivity index (χ2v) is 8.29. The van der Waals surface area contributed by atoms with E-state index in [0.29, 0.717) is 0 Å². The lowest BCUT2D eigenvalue weighted by atomic mass is 10.3. The maximum absolute atomic E-state index is 12.5. The number of rotatable bonds is 5. The van der Waals surface area contributed by atoms with Gasteiger partial charge in [-0.25, -0.2) is 13.2 Å². The maximum Gasteiger partial charge on any atom is 0.336 e. The van der Waals surface area contributed by atoms with Crippen molar-refractivity contribution in [2.45, 2.75) is 17.2 Å². The highest BCUT2D eigenvalue weighted by Crippen LogP contribution is 2.31. The van der Waals surface area contributed by atoms with Crippen LogP contribution in [0.15, 0.2) is 33.2 Å². The zero-order valence-corrected chi connectivity index (χ0v) is 13.3. The lowest BCUT2D eigenvalue weighted by molar-refractivity contribution is 0.0697. The number of aromatic carboxylic acids is 1. The van der Waals surface area contributed by atoms with Crippen molar-refractivity contribution < 1.29 is 18.3 Å². The van der Waals surface area contributed by atoms with Crippen molar-refractivity contribution in [3.63, 3.8) is 0 Å². The van der Waals surface area contributed by atoms with Crippen LogP contribution in [0.25, 0.3) is 0 Å². The first-order chi connectivity index (χ1) is 9.34. The van der Waals surface area contributed by atoms with Crippen LogP contribution in [0.2, 0.25) is 0 Å². The molecule has 0 amide bonds. The first-order valence-corrected chi connectivity index (χ1v) is 8.87. The van der Waals surface area contributed by atoms with Crippen LogP contribution in [0.5, 0.6) is 0 Å². The smallest absolute Gasteiger partial charge is 0.336 e. The van der Waals surface area contributed by atoms with E-state index in [1.807, 2.05) is 17.5 Å². The van der Waals surface area contributed by atoms with Crippen LogP contribution < -0.4 is 0 Å². The van der Waals surface area contributed by atoms with Crippen molar-refractivity contribution in [2.75, 3.05) is 7.05 Å². The molecule has 0 bridgehead atoms. The molecular formula is C12H13NO4S3. The Bertz CT molecular complexity index is 703. The first kappa shape index (κ1) is 15.2. The molecule has 2 heterocycles. The van der Waals surface area contributed by atoms with Gasteiger partial charge in [0.25, 0.3) is 10.0 Å². The Morgan fingerprint density at radius 1 is 1.40 bits per heavy atom. The number of thiophene rings is 2. The van der Waals surface area contributed by atoms with Crippen molar-refractivity contribution in [3.05, 3.63) is 39.4 Å². The molecule has 0 radical (unpaired) electrons. The molecule has 2 rings (SSSR count). The summed E-state index contributed by atoms with van der Waals surface area (Å²) in [5, 5.41) is 12.1. The molecule has 5 nitrogen and oxygen atoms in total. The van der Waals surface area contributed by atoms with Gasteiger partial charge in [-0.3, -0.25) is 0 Å². The molecule has 0 fully saturated rings. The molecular weight excluding hydrogens is 318 g/mol. The molecule has 108 valence electrons. The standard InChI is InChI=1S/C12H13NO4S3/c1-8(10-4-3-5-18-10)13(2)20(16,17)11-6-9(7-19-11)12(14)15/h3-8H,1-2H3,(H,14,15)/t8-/m0/s1. The summed E-state index contributed by atoms with van der Waals surface area (Å²) in [4.78, 5) is 11.8. The van der Waals surface area contributed by atoms with E-state index in [1.165, 1.54) is 34.1 Å². The summed E-state index contributed by atoms with van der Waals surface area (Å²) >= 11 is 2.40. The van der Waals surface area contributed by atoms with Crippen molar-refractivity contribution >= 4 is 38.7 Å². The summed E-state index contributed by atoms with van der Waals surface area (Å²) in [7, 11) is -2.18. The van der Waals surface area contributed by atoms with E-state index >= 15 is 0 Å². The van der Waals surface area contributed by atoms with Gasteiger partial charge in [0.15, 0.2) is 0 Å². The Morgan fingerprint density at radius 3 is 2.60 bits per heavy atom. The SMILES string of the molecule is C[C@@H](c1cccs1)N(C)S(=O)(=O)c1cc(C(=O)O)cs1. The lowest BCUT2D eigenvalue weighted by Gasteiger charge is -2.22. The summed E-state index contributed by atoms with van der Waals surface area (Å²) in [5.41, 5.74) is -0.00856. The third-order valence-corrected chi connectivity index (χ3v) is 7.34. The molecule has 20 heavy (non-hydrogen) atoms. The van der Waals surface area contributed by atoms with Crippen molar-refractivity contribution in [1.82, 2.24) is 4.31 Å². The fourth-order valence-electron chi connectivity index (χ4n) is 1.62. The highest BCUT2D eigenvalue weighted by Gasteiger charge is 2.28. The molecule has 0 aliphatic heterocycles. The molecule has 0 spiro atoms. The van der Waals surface area contributed by atoms with Crippen LogP contribution in [0.3, 0.4) is 0 Å².